The maximum absolute atomic E-state index is 13.5. The number of nitrogens with zero attached hydrogens (tertiary/aromatic N) is 1. The predicted octanol–water partition coefficient (Wildman–Crippen LogP) is 3.02. The van der Waals surface area contributed by atoms with Gasteiger partial charge in [0.15, 0.2) is 0 Å². The topological polar surface area (TPSA) is 84.9 Å². The van der Waals surface area contributed by atoms with Gasteiger partial charge in [0.05, 0.1) is 32.1 Å². The van der Waals surface area contributed by atoms with Crippen LogP contribution < -0.4 is 4.72 Å². The van der Waals surface area contributed by atoms with E-state index in [0.717, 1.165) is 37.5 Å². The van der Waals surface area contributed by atoms with Crippen LogP contribution in [0.5, 0.6) is 0 Å². The highest BCUT2D eigenvalue weighted by Gasteiger charge is 2.44. The molecule has 1 amide bonds. The van der Waals surface area contributed by atoms with E-state index in [1.54, 1.807) is 17.0 Å². The zero-order valence-corrected chi connectivity index (χ0v) is 18.5. The number of likely N-dealkylation sites (tertiary alicyclic amines) is 1. The fraction of sp³-hybridized carbons (Fsp3) is 0.667. The van der Waals surface area contributed by atoms with Gasteiger partial charge in [-0.25, -0.2) is 22.3 Å². The summed E-state index contributed by atoms with van der Waals surface area (Å²) in [4.78, 5) is 13.8. The Bertz CT molecular complexity index is 842. The Kier molecular flexibility index (Phi) is 7.36. The Morgan fingerprint density at radius 3 is 2.57 bits per heavy atom. The molecular weight excluding hydrogens is 411 g/mol. The van der Waals surface area contributed by atoms with Crippen LogP contribution in [0, 0.1) is 5.82 Å². The molecule has 1 aliphatic heterocycles. The lowest BCUT2D eigenvalue weighted by Crippen LogP contribution is -2.50. The van der Waals surface area contributed by atoms with Crippen LogP contribution in [0.1, 0.15) is 50.5 Å². The van der Waals surface area contributed by atoms with Crippen LogP contribution in [0.2, 0.25) is 0 Å². The smallest absolute Gasteiger partial charge is 0.410 e. The number of hydrogen-bond acceptors (Lipinski definition) is 5. The van der Waals surface area contributed by atoms with E-state index >= 15 is 0 Å². The number of amides is 1. The van der Waals surface area contributed by atoms with Crippen LogP contribution in [0.15, 0.2) is 24.3 Å². The van der Waals surface area contributed by atoms with Crippen molar-refractivity contribution in [1.82, 2.24) is 9.62 Å². The molecule has 3 atom stereocenters. The summed E-state index contributed by atoms with van der Waals surface area (Å²) in [5.74, 6) is 0.104. The maximum atomic E-state index is 13.5. The SMILES string of the molecule is COC(=O)N1C(C)CC(NS(C)(=O)=O)C1COC1CCC(c2cccc(F)c2)CC1. The van der Waals surface area contributed by atoms with Crippen molar-refractivity contribution in [3.63, 3.8) is 0 Å². The van der Waals surface area contributed by atoms with E-state index in [0.29, 0.717) is 12.3 Å². The molecule has 0 bridgehead atoms. The largest absolute Gasteiger partial charge is 0.453 e. The molecule has 30 heavy (non-hydrogen) atoms. The van der Waals surface area contributed by atoms with Gasteiger partial charge in [0.25, 0.3) is 0 Å². The van der Waals surface area contributed by atoms with E-state index in [4.69, 9.17) is 9.47 Å². The lowest BCUT2D eigenvalue weighted by molar-refractivity contribution is -0.00860. The lowest BCUT2D eigenvalue weighted by atomic mass is 9.82. The Morgan fingerprint density at radius 2 is 1.97 bits per heavy atom. The number of ether oxygens (including phenoxy) is 2. The average molecular weight is 443 g/mol. The Balaban J connectivity index is 1.60. The molecule has 1 N–H and O–H groups in total. The number of halogens is 1. The van der Waals surface area contributed by atoms with Gasteiger partial charge in [0.2, 0.25) is 10.0 Å². The Hall–Kier alpha value is -1.71. The van der Waals surface area contributed by atoms with Gasteiger partial charge in [0, 0.05) is 12.1 Å². The molecule has 7 nitrogen and oxygen atoms in total. The van der Waals surface area contributed by atoms with Crippen molar-refractivity contribution in [3.05, 3.63) is 35.6 Å². The third-order valence-corrected chi connectivity index (χ3v) is 6.87. The van der Waals surface area contributed by atoms with Crippen molar-refractivity contribution < 1.29 is 27.1 Å². The summed E-state index contributed by atoms with van der Waals surface area (Å²) >= 11 is 0. The number of rotatable bonds is 6. The molecule has 1 heterocycles. The first-order valence-corrected chi connectivity index (χ1v) is 12.3. The first kappa shape index (κ1) is 23.0. The fourth-order valence-electron chi connectivity index (χ4n) is 4.74. The van der Waals surface area contributed by atoms with Gasteiger partial charge in [-0.3, -0.25) is 4.90 Å². The number of sulfonamides is 1. The molecule has 3 unspecified atom stereocenters. The molecule has 168 valence electrons. The Labute approximate surface area is 178 Å². The monoisotopic (exact) mass is 442 g/mol. The third kappa shape index (κ3) is 5.70. The molecule has 2 fully saturated rings. The first-order chi connectivity index (χ1) is 14.2. The number of hydrogen-bond donors (Lipinski definition) is 1. The van der Waals surface area contributed by atoms with Crippen molar-refractivity contribution in [1.29, 1.82) is 0 Å². The van der Waals surface area contributed by atoms with Gasteiger partial charge in [0.1, 0.15) is 5.82 Å². The van der Waals surface area contributed by atoms with Gasteiger partial charge in [-0.2, -0.15) is 0 Å². The van der Waals surface area contributed by atoms with E-state index in [1.807, 2.05) is 13.0 Å². The standard InChI is InChI=1S/C21H31FN2O5S/c1-14-11-19(23-30(3,26)27)20(24(14)21(25)28-2)13-29-18-9-7-15(8-10-18)16-5-4-6-17(22)12-16/h4-6,12,14-15,18-20,23H,7-11,13H2,1-3H3. The third-order valence-electron chi connectivity index (χ3n) is 6.14. The molecule has 1 aromatic carbocycles. The van der Waals surface area contributed by atoms with Gasteiger partial charge in [-0.15, -0.1) is 0 Å². The normalized spacial score (nSPS) is 29.7. The highest BCUT2D eigenvalue weighted by atomic mass is 32.2. The molecule has 1 saturated heterocycles. The van der Waals surface area contributed by atoms with Crippen molar-refractivity contribution in [2.24, 2.45) is 0 Å². The number of nitrogens with one attached hydrogen (secondary N) is 1. The van der Waals surface area contributed by atoms with Crippen LogP contribution in [0.4, 0.5) is 9.18 Å². The zero-order chi connectivity index (χ0) is 21.9. The summed E-state index contributed by atoms with van der Waals surface area (Å²) in [6.45, 7) is 2.11. The van der Waals surface area contributed by atoms with E-state index in [1.165, 1.54) is 13.2 Å². The summed E-state index contributed by atoms with van der Waals surface area (Å²) in [5, 5.41) is 0. The molecule has 1 aliphatic carbocycles. The molecule has 3 rings (SSSR count). The quantitative estimate of drug-likeness (QED) is 0.732. The summed E-state index contributed by atoms with van der Waals surface area (Å²) in [7, 11) is -2.10. The van der Waals surface area contributed by atoms with Crippen molar-refractivity contribution in [2.45, 2.75) is 69.2 Å². The van der Waals surface area contributed by atoms with Gasteiger partial charge >= 0.3 is 6.09 Å². The minimum absolute atomic E-state index is 0.0316. The van der Waals surface area contributed by atoms with Crippen LogP contribution in [0.3, 0.4) is 0 Å². The maximum Gasteiger partial charge on any atom is 0.410 e. The summed E-state index contributed by atoms with van der Waals surface area (Å²) < 4.78 is 50.7. The molecule has 9 heteroatoms. The van der Waals surface area contributed by atoms with E-state index in [-0.39, 0.29) is 24.6 Å². The number of carbonyl (C=O) groups excluding carboxylic acids is 1. The lowest BCUT2D eigenvalue weighted by Gasteiger charge is -2.33. The second-order valence-corrected chi connectivity index (χ2v) is 10.2. The van der Waals surface area contributed by atoms with E-state index in [9.17, 15) is 17.6 Å². The second kappa shape index (κ2) is 9.62. The number of benzene rings is 1. The summed E-state index contributed by atoms with van der Waals surface area (Å²) in [5.41, 5.74) is 1.02. The zero-order valence-electron chi connectivity index (χ0n) is 17.7. The molecular formula is C21H31FN2O5S. The molecule has 2 aliphatic rings. The summed E-state index contributed by atoms with van der Waals surface area (Å²) in [6, 6.07) is 5.75. The number of carbonyl (C=O) groups is 1. The minimum atomic E-state index is -3.42. The van der Waals surface area contributed by atoms with E-state index < -0.39 is 28.2 Å². The molecule has 0 aromatic heterocycles. The van der Waals surface area contributed by atoms with Crippen molar-refractivity contribution in [2.75, 3.05) is 20.0 Å². The Morgan fingerprint density at radius 1 is 1.27 bits per heavy atom. The fourth-order valence-corrected chi connectivity index (χ4v) is 5.54. The highest BCUT2D eigenvalue weighted by Crippen LogP contribution is 2.35. The average Bonchev–Trinajstić information content (AvgIpc) is 2.99. The van der Waals surface area contributed by atoms with Crippen LogP contribution in [-0.2, 0) is 19.5 Å². The van der Waals surface area contributed by atoms with Gasteiger partial charge in [-0.05, 0) is 62.6 Å². The molecule has 1 aromatic rings. The molecule has 1 saturated carbocycles. The van der Waals surface area contributed by atoms with Crippen LogP contribution in [0.25, 0.3) is 0 Å². The summed E-state index contributed by atoms with van der Waals surface area (Å²) in [6.07, 6.45) is 4.65. The highest BCUT2D eigenvalue weighted by molar-refractivity contribution is 7.88. The molecule has 0 radical (unpaired) electrons. The predicted molar refractivity (Wildman–Crippen MR) is 111 cm³/mol. The molecule has 0 spiro atoms. The van der Waals surface area contributed by atoms with Gasteiger partial charge in [-0.1, -0.05) is 12.1 Å². The van der Waals surface area contributed by atoms with Gasteiger partial charge < -0.3 is 9.47 Å². The second-order valence-electron chi connectivity index (χ2n) is 8.39. The first-order valence-electron chi connectivity index (χ1n) is 10.4. The van der Waals surface area contributed by atoms with Crippen LogP contribution in [-0.4, -0.2) is 63.6 Å². The van der Waals surface area contributed by atoms with E-state index in [2.05, 4.69) is 4.72 Å². The van der Waals surface area contributed by atoms with Crippen molar-refractivity contribution >= 4 is 16.1 Å². The van der Waals surface area contributed by atoms with Crippen LogP contribution >= 0.6 is 0 Å². The number of methoxy groups -OCH3 is 1. The minimum Gasteiger partial charge on any atom is -0.453 e. The van der Waals surface area contributed by atoms with Crippen molar-refractivity contribution in [3.8, 4) is 0 Å².